The molecular weight excluding hydrogens is 878 g/mol. The number of benzene rings is 1. The summed E-state index contributed by atoms with van der Waals surface area (Å²) in [5.74, 6) is 0.117. The van der Waals surface area contributed by atoms with E-state index in [9.17, 15) is 24.3 Å². The van der Waals surface area contributed by atoms with Crippen LogP contribution in [0.25, 0.3) is 0 Å². The number of carbonyl (C=O) groups is 4. The van der Waals surface area contributed by atoms with Crippen LogP contribution in [0.1, 0.15) is 157 Å². The van der Waals surface area contributed by atoms with Gasteiger partial charge in [0.2, 0.25) is 0 Å². The molecular formula is C56H84ClN3O8. The summed E-state index contributed by atoms with van der Waals surface area (Å²) in [6, 6.07) is 5.19. The minimum atomic E-state index is -0.829. The number of fused-ring (bicyclic) bond motifs is 7. The van der Waals surface area contributed by atoms with Crippen molar-refractivity contribution in [3.8, 4) is 5.75 Å². The molecule has 12 heteroatoms. The average molecular weight is 963 g/mol. The van der Waals surface area contributed by atoms with Gasteiger partial charge in [-0.2, -0.15) is 0 Å². The van der Waals surface area contributed by atoms with E-state index in [1.807, 2.05) is 27.7 Å². The minimum absolute atomic E-state index is 0.0455. The molecule has 1 saturated heterocycles. The topological polar surface area (TPSA) is 144 Å². The fraction of sp³-hybridized carbons (Fsp3) is 0.786. The molecule has 7 aliphatic rings. The second-order valence-corrected chi connectivity index (χ2v) is 25.9. The molecule has 68 heavy (non-hydrogen) atoms. The number of amides is 1. The van der Waals surface area contributed by atoms with Gasteiger partial charge in [0.05, 0.1) is 30.6 Å². The van der Waals surface area contributed by atoms with Gasteiger partial charge in [0.1, 0.15) is 18.5 Å². The third-order valence-corrected chi connectivity index (χ3v) is 20.6. The van der Waals surface area contributed by atoms with Crippen molar-refractivity contribution in [1.82, 2.24) is 15.5 Å². The van der Waals surface area contributed by atoms with E-state index in [1.54, 1.807) is 18.2 Å². The number of nitrogens with one attached hydrogen (secondary N) is 2. The standard InChI is InChI=1S/C56H84ClN3O8/c1-34(2)45-40(61)32-56(22-23-58-33-50(3,4)59-47(62)36-13-12-35(57)30-41(36)67-29-26-60-24-27-66-28-25-60)21-20-54(10)37(46(45)56)14-15-43-53(9)18-17-44(52(7,8)42(53)16-19-55(43,54)11)68-49(65)39-31-38(48(63)64)51(39,5)6/h12-13,30,34,37-39,42-44,58H,14-29,31-33H2,1-11H3,(H,59,62)(H,63,64)/t37-,38+,39-,42+,43-,44+,53+,54-,55-,56-/m1/s1. The predicted octanol–water partition coefficient (Wildman–Crippen LogP) is 10.2. The maximum Gasteiger partial charge on any atom is 0.309 e. The Kier molecular flexibility index (Phi) is 14.0. The summed E-state index contributed by atoms with van der Waals surface area (Å²) in [7, 11) is 0. The SMILES string of the molecule is CC(C)C1=C2[C@H]3CC[C@@H]4[C@@]5(C)CC[C@H](OC(=O)[C@H]6C[C@@H](C(=O)O)C6(C)C)C(C)(C)[C@@H]5CC[C@@]4(C)[C@]3(C)CC[C@@]2(CCNCC(C)(C)NC(=O)c2ccc(Cl)cc2OCCN2CCOCC2)CC1=O. The molecule has 8 rings (SSSR count). The minimum Gasteiger partial charge on any atom is -0.491 e. The molecule has 0 bridgehead atoms. The molecule has 10 atom stereocenters. The van der Waals surface area contributed by atoms with Gasteiger partial charge in [-0.1, -0.05) is 79.5 Å². The molecule has 11 nitrogen and oxygen atoms in total. The maximum atomic E-state index is 14.3. The highest BCUT2D eigenvalue weighted by molar-refractivity contribution is 6.30. The number of carboxylic acids is 1. The van der Waals surface area contributed by atoms with Crippen molar-refractivity contribution in [3.05, 3.63) is 39.9 Å². The summed E-state index contributed by atoms with van der Waals surface area (Å²) in [4.78, 5) is 56.0. The molecule has 5 saturated carbocycles. The van der Waals surface area contributed by atoms with Crippen molar-refractivity contribution in [2.75, 3.05) is 52.5 Å². The van der Waals surface area contributed by atoms with Gasteiger partial charge in [0.15, 0.2) is 5.78 Å². The van der Waals surface area contributed by atoms with Crippen molar-refractivity contribution in [1.29, 1.82) is 0 Å². The van der Waals surface area contributed by atoms with Gasteiger partial charge in [-0.3, -0.25) is 24.1 Å². The normalized spacial score (nSPS) is 36.5. The Hall–Kier alpha value is -2.99. The molecule has 0 spiro atoms. The lowest BCUT2D eigenvalue weighted by Crippen LogP contribution is -2.66. The molecule has 1 heterocycles. The predicted molar refractivity (Wildman–Crippen MR) is 266 cm³/mol. The zero-order valence-corrected chi connectivity index (χ0v) is 44.1. The molecule has 1 aromatic carbocycles. The van der Waals surface area contributed by atoms with Crippen molar-refractivity contribution in [2.45, 2.75) is 158 Å². The zero-order valence-electron chi connectivity index (χ0n) is 43.3. The number of hydrogen-bond acceptors (Lipinski definition) is 9. The van der Waals surface area contributed by atoms with E-state index < -0.39 is 22.8 Å². The Morgan fingerprint density at radius 1 is 0.912 bits per heavy atom. The maximum absolute atomic E-state index is 14.3. The van der Waals surface area contributed by atoms with Gasteiger partial charge in [0, 0.05) is 54.0 Å². The number of aliphatic carboxylic acids is 1. The highest BCUT2D eigenvalue weighted by atomic mass is 35.5. The number of Topliss-reactive ketones (excluding diaryl/α,β-unsaturated/α-hetero) is 1. The van der Waals surface area contributed by atoms with E-state index >= 15 is 0 Å². The summed E-state index contributed by atoms with van der Waals surface area (Å²) in [5, 5.41) is 17.2. The molecule has 0 unspecified atom stereocenters. The Morgan fingerprint density at radius 2 is 1.63 bits per heavy atom. The molecule has 6 fully saturated rings. The summed E-state index contributed by atoms with van der Waals surface area (Å²) in [5.41, 5.74) is 1.73. The summed E-state index contributed by atoms with van der Waals surface area (Å²) < 4.78 is 18.1. The Bertz CT molecular complexity index is 2160. The van der Waals surface area contributed by atoms with Crippen molar-refractivity contribution in [3.63, 3.8) is 0 Å². The number of carboxylic acid groups (broad SMARTS) is 1. The first-order chi connectivity index (χ1) is 31.8. The largest absolute Gasteiger partial charge is 0.491 e. The zero-order chi connectivity index (χ0) is 49.4. The molecule has 0 aromatic heterocycles. The fourth-order valence-corrected chi connectivity index (χ4v) is 16.4. The lowest BCUT2D eigenvalue weighted by atomic mass is 9.33. The Balaban J connectivity index is 0.927. The molecule has 1 aliphatic heterocycles. The lowest BCUT2D eigenvalue weighted by Gasteiger charge is -2.72. The number of esters is 1. The van der Waals surface area contributed by atoms with Crippen LogP contribution in [0.15, 0.2) is 29.3 Å². The van der Waals surface area contributed by atoms with Gasteiger partial charge in [-0.15, -0.1) is 0 Å². The lowest BCUT2D eigenvalue weighted by molar-refractivity contribution is -0.236. The molecule has 6 aliphatic carbocycles. The van der Waals surface area contributed by atoms with E-state index in [0.717, 1.165) is 103 Å². The third kappa shape index (κ3) is 8.79. The van der Waals surface area contributed by atoms with Gasteiger partial charge in [0.25, 0.3) is 5.91 Å². The summed E-state index contributed by atoms with van der Waals surface area (Å²) >= 11 is 6.37. The Labute approximate surface area is 412 Å². The van der Waals surface area contributed by atoms with E-state index in [4.69, 9.17) is 25.8 Å². The van der Waals surface area contributed by atoms with Crippen LogP contribution in [0.4, 0.5) is 0 Å². The summed E-state index contributed by atoms with van der Waals surface area (Å²) in [6.45, 7) is 30.4. The van der Waals surface area contributed by atoms with E-state index in [2.05, 4.69) is 64.0 Å². The van der Waals surface area contributed by atoms with Crippen molar-refractivity contribution in [2.24, 2.45) is 68.0 Å². The molecule has 0 radical (unpaired) electrons. The average Bonchev–Trinajstić information content (AvgIpc) is 3.55. The van der Waals surface area contributed by atoms with Crippen LogP contribution in [-0.2, 0) is 23.9 Å². The number of rotatable bonds is 15. The number of halogens is 1. The van der Waals surface area contributed by atoms with E-state index in [1.165, 1.54) is 5.57 Å². The summed E-state index contributed by atoms with van der Waals surface area (Å²) in [6.07, 6.45) is 10.0. The van der Waals surface area contributed by atoms with Gasteiger partial charge in [-0.25, -0.2) is 0 Å². The van der Waals surface area contributed by atoms with Crippen LogP contribution in [-0.4, -0.2) is 97.8 Å². The highest BCUT2D eigenvalue weighted by Gasteiger charge is 2.70. The molecule has 378 valence electrons. The van der Waals surface area contributed by atoms with Crippen LogP contribution in [0.2, 0.25) is 5.02 Å². The smallest absolute Gasteiger partial charge is 0.309 e. The monoisotopic (exact) mass is 962 g/mol. The quantitative estimate of drug-likeness (QED) is 0.115. The van der Waals surface area contributed by atoms with Crippen LogP contribution >= 0.6 is 11.6 Å². The number of allylic oxidation sites excluding steroid dienone is 2. The van der Waals surface area contributed by atoms with Crippen LogP contribution in [0.5, 0.6) is 5.75 Å². The number of nitrogens with zero attached hydrogens (tertiary/aromatic N) is 1. The van der Waals surface area contributed by atoms with Gasteiger partial charge in [-0.05, 0) is 154 Å². The molecule has 3 N–H and O–H groups in total. The van der Waals surface area contributed by atoms with E-state index in [0.29, 0.717) is 65.9 Å². The van der Waals surface area contributed by atoms with E-state index in [-0.39, 0.29) is 56.9 Å². The van der Waals surface area contributed by atoms with Crippen LogP contribution < -0.4 is 15.4 Å². The van der Waals surface area contributed by atoms with Crippen molar-refractivity contribution >= 4 is 35.2 Å². The third-order valence-electron chi connectivity index (χ3n) is 20.4. The van der Waals surface area contributed by atoms with Gasteiger partial charge < -0.3 is 30.0 Å². The molecule has 1 aromatic rings. The van der Waals surface area contributed by atoms with Gasteiger partial charge >= 0.3 is 11.9 Å². The molecule has 1 amide bonds. The number of morpholine rings is 1. The Morgan fingerprint density at radius 3 is 2.31 bits per heavy atom. The highest BCUT2D eigenvalue weighted by Crippen LogP contribution is 2.77. The number of carbonyl (C=O) groups excluding carboxylic acids is 3. The first-order valence-corrected chi connectivity index (χ1v) is 26.7. The second kappa shape index (κ2) is 18.6. The number of ketones is 1. The van der Waals surface area contributed by atoms with Crippen molar-refractivity contribution < 1.29 is 38.5 Å². The first-order valence-electron chi connectivity index (χ1n) is 26.3. The number of ether oxygens (including phenoxy) is 3. The number of hydrogen-bond donors (Lipinski definition) is 3. The van der Waals surface area contributed by atoms with Crippen LogP contribution in [0, 0.1) is 68.0 Å². The first kappa shape index (κ1) is 51.4. The second-order valence-electron chi connectivity index (χ2n) is 25.5. The fourth-order valence-electron chi connectivity index (χ4n) is 16.3. The van der Waals surface area contributed by atoms with Crippen LogP contribution in [0.3, 0.4) is 0 Å².